The maximum absolute atomic E-state index is 11.2. The molecule has 0 spiro atoms. The number of rotatable bonds is 6. The summed E-state index contributed by atoms with van der Waals surface area (Å²) in [5.41, 5.74) is 0.895. The average Bonchev–Trinajstić information content (AvgIpc) is 2.32. The topological polar surface area (TPSA) is 38.7 Å². The van der Waals surface area contributed by atoms with Crippen molar-refractivity contribution in [3.05, 3.63) is 29.8 Å². The number of benzene rings is 1. The second-order valence-corrected chi connectivity index (χ2v) is 3.80. The fraction of sp³-hybridized carbons (Fsp3) is 0.385. The molecule has 3 nitrogen and oxygen atoms in total. The van der Waals surface area contributed by atoms with Crippen molar-refractivity contribution in [3.63, 3.8) is 0 Å². The Labute approximate surface area is 107 Å². The molecule has 0 aliphatic rings. The second-order valence-electron chi connectivity index (χ2n) is 3.62. The molecule has 0 aliphatic carbocycles. The van der Waals surface area contributed by atoms with Crippen LogP contribution in [0.2, 0.25) is 0 Å². The molecule has 0 aliphatic heterocycles. The molecule has 0 fully saturated rings. The van der Waals surface area contributed by atoms with Gasteiger partial charge in [0.25, 0.3) is 5.91 Å². The number of hydrogen-bond donors (Lipinski definition) is 0. The van der Waals surface area contributed by atoms with Gasteiger partial charge in [-0.3, -0.25) is 4.79 Å². The lowest BCUT2D eigenvalue weighted by Crippen LogP contribution is -1.99. The highest BCUT2D eigenvalue weighted by Crippen LogP contribution is 2.13. The molecular formula is C13H15NO2S. The van der Waals surface area contributed by atoms with Gasteiger partial charge in [0.05, 0.1) is 18.2 Å². The maximum Gasteiger partial charge on any atom is 0.258 e. The van der Waals surface area contributed by atoms with Gasteiger partial charge in [0.15, 0.2) is 0 Å². The van der Waals surface area contributed by atoms with Gasteiger partial charge in [0, 0.05) is 0 Å². The van der Waals surface area contributed by atoms with Crippen molar-refractivity contribution in [1.29, 1.82) is 0 Å². The number of amides is 1. The summed E-state index contributed by atoms with van der Waals surface area (Å²) in [5, 5.41) is 2.07. The Morgan fingerprint density at radius 1 is 1.41 bits per heavy atom. The molecule has 0 atom stereocenters. The minimum Gasteiger partial charge on any atom is -0.494 e. The quantitative estimate of drug-likeness (QED) is 0.442. The van der Waals surface area contributed by atoms with E-state index < -0.39 is 0 Å². The summed E-state index contributed by atoms with van der Waals surface area (Å²) in [6.07, 6.45) is 2.41. The van der Waals surface area contributed by atoms with Crippen molar-refractivity contribution < 1.29 is 9.53 Å². The molecule has 0 N–H and O–H groups in total. The molecule has 0 heterocycles. The van der Waals surface area contributed by atoms with Crippen LogP contribution in [0.4, 0.5) is 0 Å². The van der Waals surface area contributed by atoms with Crippen LogP contribution in [-0.4, -0.2) is 17.7 Å². The number of thiocarbonyl (C=S) groups is 1. The van der Waals surface area contributed by atoms with Crippen molar-refractivity contribution in [2.24, 2.45) is 4.99 Å². The average molecular weight is 249 g/mol. The number of carbonyl (C=O) groups excluding carboxylic acids is 1. The Hall–Kier alpha value is -1.51. The summed E-state index contributed by atoms with van der Waals surface area (Å²) in [6, 6.07) is 7.44. The molecule has 0 bridgehead atoms. The molecule has 0 radical (unpaired) electrons. The molecule has 0 aromatic heterocycles. The first-order valence-corrected chi connectivity index (χ1v) is 5.99. The van der Waals surface area contributed by atoms with Crippen LogP contribution in [0.5, 0.6) is 5.75 Å². The van der Waals surface area contributed by atoms with Crippen molar-refractivity contribution >= 4 is 23.3 Å². The van der Waals surface area contributed by atoms with Gasteiger partial charge >= 0.3 is 0 Å². The van der Waals surface area contributed by atoms with Gasteiger partial charge in [-0.1, -0.05) is 25.5 Å². The molecule has 1 rings (SSSR count). The molecule has 0 saturated carbocycles. The third-order valence-electron chi connectivity index (χ3n) is 2.22. The van der Waals surface area contributed by atoms with Gasteiger partial charge in [-0.15, -0.1) is 0 Å². The fourth-order valence-electron chi connectivity index (χ4n) is 1.30. The van der Waals surface area contributed by atoms with E-state index in [0.717, 1.165) is 30.8 Å². The highest BCUT2D eigenvalue weighted by atomic mass is 32.1. The van der Waals surface area contributed by atoms with Gasteiger partial charge in [-0.05, 0) is 36.3 Å². The number of isothiocyanates is 1. The van der Waals surface area contributed by atoms with E-state index in [1.54, 1.807) is 0 Å². The predicted octanol–water partition coefficient (Wildman–Crippen LogP) is 3.04. The number of carbonyl (C=O) groups is 1. The van der Waals surface area contributed by atoms with Crippen molar-refractivity contribution in [3.8, 4) is 5.75 Å². The van der Waals surface area contributed by atoms with E-state index >= 15 is 0 Å². The Bertz CT molecular complexity index is 408. The van der Waals surface area contributed by atoms with E-state index in [2.05, 4.69) is 29.3 Å². The first kappa shape index (κ1) is 13.6. The zero-order chi connectivity index (χ0) is 12.5. The Balaban J connectivity index is 2.49. The molecule has 1 amide bonds. The molecule has 90 valence electrons. The summed E-state index contributed by atoms with van der Waals surface area (Å²) >= 11 is 4.37. The van der Waals surface area contributed by atoms with Gasteiger partial charge in [-0.2, -0.15) is 4.99 Å². The number of aliphatic imine (C=N–C) groups is 1. The lowest BCUT2D eigenvalue weighted by atomic mass is 10.1. The Morgan fingerprint density at radius 2 is 2.12 bits per heavy atom. The van der Waals surface area contributed by atoms with Gasteiger partial charge < -0.3 is 4.74 Å². The van der Waals surface area contributed by atoms with Crippen LogP contribution in [0.15, 0.2) is 29.3 Å². The first-order chi connectivity index (χ1) is 8.26. The van der Waals surface area contributed by atoms with Crippen LogP contribution in [0.25, 0.3) is 0 Å². The molecule has 4 heteroatoms. The zero-order valence-electron chi connectivity index (χ0n) is 9.81. The summed E-state index contributed by atoms with van der Waals surface area (Å²) in [4.78, 5) is 14.6. The summed E-state index contributed by atoms with van der Waals surface area (Å²) in [7, 11) is 0. The molecule has 1 aromatic carbocycles. The van der Waals surface area contributed by atoms with Crippen LogP contribution < -0.4 is 4.74 Å². The van der Waals surface area contributed by atoms with E-state index in [-0.39, 0.29) is 12.3 Å². The summed E-state index contributed by atoms with van der Waals surface area (Å²) in [5.74, 6) is 0.549. The van der Waals surface area contributed by atoms with Crippen LogP contribution in [0.1, 0.15) is 25.3 Å². The van der Waals surface area contributed by atoms with Gasteiger partial charge in [0.2, 0.25) is 0 Å². The predicted molar refractivity (Wildman–Crippen MR) is 70.6 cm³/mol. The standard InChI is InChI=1S/C13H15NO2S/c1-2-3-8-16-12-6-4-11(5-7-12)9-13(15)14-10-17/h4-7H,2-3,8-9H2,1H3. The van der Waals surface area contributed by atoms with Crippen molar-refractivity contribution in [2.75, 3.05) is 6.61 Å². The summed E-state index contributed by atoms with van der Waals surface area (Å²) < 4.78 is 5.52. The molecule has 17 heavy (non-hydrogen) atoms. The zero-order valence-corrected chi connectivity index (χ0v) is 10.6. The van der Waals surface area contributed by atoms with E-state index in [4.69, 9.17) is 4.74 Å². The second kappa shape index (κ2) is 7.71. The van der Waals surface area contributed by atoms with Crippen LogP contribution in [0, 0.1) is 0 Å². The number of ether oxygens (including phenoxy) is 1. The monoisotopic (exact) mass is 249 g/mol. The fourth-order valence-corrected chi connectivity index (χ4v) is 1.40. The van der Waals surface area contributed by atoms with Gasteiger partial charge in [-0.25, -0.2) is 0 Å². The minimum absolute atomic E-state index is 0.249. The normalized spacial score (nSPS) is 9.47. The largest absolute Gasteiger partial charge is 0.494 e. The highest BCUT2D eigenvalue weighted by Gasteiger charge is 2.01. The van der Waals surface area contributed by atoms with E-state index in [0.29, 0.717) is 0 Å². The first-order valence-electron chi connectivity index (χ1n) is 5.58. The van der Waals surface area contributed by atoms with Gasteiger partial charge in [0.1, 0.15) is 5.75 Å². The Morgan fingerprint density at radius 3 is 2.71 bits per heavy atom. The molecule has 0 unspecified atom stereocenters. The summed E-state index contributed by atoms with van der Waals surface area (Å²) in [6.45, 7) is 2.85. The third kappa shape index (κ3) is 5.38. The van der Waals surface area contributed by atoms with Crippen LogP contribution >= 0.6 is 12.2 Å². The molecule has 1 aromatic rings. The highest BCUT2D eigenvalue weighted by molar-refractivity contribution is 7.78. The van der Waals surface area contributed by atoms with E-state index in [9.17, 15) is 4.79 Å². The number of hydrogen-bond acceptors (Lipinski definition) is 3. The lowest BCUT2D eigenvalue weighted by molar-refractivity contribution is -0.117. The molecular weight excluding hydrogens is 234 g/mol. The smallest absolute Gasteiger partial charge is 0.258 e. The lowest BCUT2D eigenvalue weighted by Gasteiger charge is -2.05. The van der Waals surface area contributed by atoms with Crippen molar-refractivity contribution in [1.82, 2.24) is 0 Å². The van der Waals surface area contributed by atoms with Crippen LogP contribution in [0.3, 0.4) is 0 Å². The maximum atomic E-state index is 11.2. The minimum atomic E-state index is -0.278. The number of nitrogens with zero attached hydrogens (tertiary/aromatic N) is 1. The van der Waals surface area contributed by atoms with E-state index in [1.807, 2.05) is 24.3 Å². The molecule has 0 saturated heterocycles. The number of unbranched alkanes of at least 4 members (excludes halogenated alkanes) is 1. The van der Waals surface area contributed by atoms with Crippen molar-refractivity contribution in [2.45, 2.75) is 26.2 Å². The SMILES string of the molecule is CCCCOc1ccc(CC(=O)N=C=S)cc1. The van der Waals surface area contributed by atoms with Crippen LogP contribution in [-0.2, 0) is 11.2 Å². The van der Waals surface area contributed by atoms with E-state index in [1.165, 1.54) is 0 Å². The third-order valence-corrected chi connectivity index (χ3v) is 2.31. The Kier molecular flexibility index (Phi) is 6.15.